The number of fused-ring (bicyclic) bond motifs is 1. The van der Waals surface area contributed by atoms with E-state index >= 15 is 0 Å². The number of benzene rings is 3. The van der Waals surface area contributed by atoms with Gasteiger partial charge in [-0.1, -0.05) is 35.4 Å². The van der Waals surface area contributed by atoms with Crippen LogP contribution < -0.4 is 0 Å². The third-order valence-electron chi connectivity index (χ3n) is 5.08. The van der Waals surface area contributed by atoms with Gasteiger partial charge in [0.1, 0.15) is 11.6 Å². The predicted molar refractivity (Wildman–Crippen MR) is 110 cm³/mol. The van der Waals surface area contributed by atoms with Crippen molar-refractivity contribution in [2.24, 2.45) is 0 Å². The first-order chi connectivity index (χ1) is 14.2. The fourth-order valence-corrected chi connectivity index (χ4v) is 5.19. The number of hydrogen-bond acceptors (Lipinski definition) is 3. The van der Waals surface area contributed by atoms with Crippen LogP contribution in [0, 0.1) is 18.6 Å². The zero-order valence-corrected chi connectivity index (χ0v) is 17.4. The molecule has 0 unspecified atom stereocenters. The van der Waals surface area contributed by atoms with Crippen molar-refractivity contribution in [2.75, 3.05) is 6.54 Å². The maximum Gasteiger partial charge on any atom is 0.243 e. The van der Waals surface area contributed by atoms with Crippen LogP contribution in [0.15, 0.2) is 59.5 Å². The van der Waals surface area contributed by atoms with E-state index < -0.39 is 27.4 Å². The molecule has 0 fully saturated rings. The zero-order valence-electron chi connectivity index (χ0n) is 15.8. The minimum atomic E-state index is -3.97. The maximum atomic E-state index is 14.4. The van der Waals surface area contributed by atoms with Crippen LogP contribution in [0.2, 0.25) is 5.02 Å². The molecule has 0 N–H and O–H groups in total. The second kappa shape index (κ2) is 7.58. The molecule has 0 radical (unpaired) electrons. The van der Waals surface area contributed by atoms with Crippen LogP contribution in [0.4, 0.5) is 8.78 Å². The lowest BCUT2D eigenvalue weighted by Gasteiger charge is -2.29. The molecule has 1 aliphatic heterocycles. The maximum absolute atomic E-state index is 14.4. The van der Waals surface area contributed by atoms with E-state index in [1.54, 1.807) is 12.1 Å². The van der Waals surface area contributed by atoms with E-state index in [1.165, 1.54) is 30.3 Å². The third kappa shape index (κ3) is 3.53. The summed E-state index contributed by atoms with van der Waals surface area (Å²) in [5, 5.41) is 0.161. The number of ketones is 1. The van der Waals surface area contributed by atoms with Gasteiger partial charge >= 0.3 is 0 Å². The van der Waals surface area contributed by atoms with Gasteiger partial charge < -0.3 is 0 Å². The smallest absolute Gasteiger partial charge is 0.243 e. The fraction of sp³-hybridized carbons (Fsp3) is 0.136. The molecule has 0 amide bonds. The Hall–Kier alpha value is -2.61. The minimum Gasteiger partial charge on any atom is -0.293 e. The van der Waals surface area contributed by atoms with Crippen LogP contribution in [0.25, 0.3) is 11.1 Å². The molecule has 0 aliphatic carbocycles. The van der Waals surface area contributed by atoms with E-state index in [9.17, 15) is 22.0 Å². The molecule has 4 rings (SSSR count). The molecule has 0 saturated heterocycles. The van der Waals surface area contributed by atoms with E-state index in [2.05, 4.69) is 0 Å². The Bertz CT molecular complexity index is 1270. The molecule has 3 aromatic rings. The first kappa shape index (κ1) is 20.7. The molecular formula is C22H16ClF2NO3S. The molecular weight excluding hydrogens is 432 g/mol. The summed E-state index contributed by atoms with van der Waals surface area (Å²) in [6, 6.07) is 12.4. The molecule has 3 aromatic carbocycles. The van der Waals surface area contributed by atoms with Gasteiger partial charge in [0.05, 0.1) is 16.5 Å². The average molecular weight is 448 g/mol. The predicted octanol–water partition coefficient (Wildman–Crippen LogP) is 4.98. The standard InChI is InChI=1S/C22H16ClF2NO3S/c1-13-2-5-15(6-3-13)30(28,29)26-11-18-16(17-7-4-14(24)10-20(17)25)8-9-19(23)22(18)21(27)12-26/h2-10H,11-12H2,1H3. The normalized spacial score (nSPS) is 14.6. The van der Waals surface area contributed by atoms with Gasteiger partial charge in [-0.3, -0.25) is 4.79 Å². The van der Waals surface area contributed by atoms with Crippen molar-refractivity contribution in [3.8, 4) is 11.1 Å². The summed E-state index contributed by atoms with van der Waals surface area (Å²) in [4.78, 5) is 12.9. The van der Waals surface area contributed by atoms with Crippen molar-refractivity contribution in [1.29, 1.82) is 0 Å². The Morgan fingerprint density at radius 1 is 0.933 bits per heavy atom. The Labute approximate surface area is 177 Å². The zero-order chi connectivity index (χ0) is 21.6. The summed E-state index contributed by atoms with van der Waals surface area (Å²) in [7, 11) is -3.97. The number of rotatable bonds is 3. The van der Waals surface area contributed by atoms with Crippen LogP contribution in [-0.4, -0.2) is 25.1 Å². The second-order valence-corrected chi connectivity index (χ2v) is 9.43. The molecule has 0 spiro atoms. The van der Waals surface area contributed by atoms with Gasteiger partial charge in [0.2, 0.25) is 10.0 Å². The molecule has 154 valence electrons. The molecule has 1 aliphatic rings. The number of sulfonamides is 1. The van der Waals surface area contributed by atoms with Crippen molar-refractivity contribution >= 4 is 27.4 Å². The lowest BCUT2D eigenvalue weighted by molar-refractivity contribution is 0.0950. The van der Waals surface area contributed by atoms with Crippen LogP contribution in [-0.2, 0) is 16.6 Å². The Morgan fingerprint density at radius 3 is 2.27 bits per heavy atom. The van der Waals surface area contributed by atoms with E-state index in [0.717, 1.165) is 22.0 Å². The fourth-order valence-electron chi connectivity index (χ4n) is 3.55. The van der Waals surface area contributed by atoms with Gasteiger partial charge in [-0.2, -0.15) is 4.31 Å². The van der Waals surface area contributed by atoms with Crippen LogP contribution in [0.1, 0.15) is 21.5 Å². The van der Waals surface area contributed by atoms with E-state index in [4.69, 9.17) is 11.6 Å². The van der Waals surface area contributed by atoms with Gasteiger partial charge in [-0.25, -0.2) is 17.2 Å². The quantitative estimate of drug-likeness (QED) is 0.569. The molecule has 0 saturated carbocycles. The summed E-state index contributed by atoms with van der Waals surface area (Å²) in [6.07, 6.45) is 0. The highest BCUT2D eigenvalue weighted by molar-refractivity contribution is 7.89. The average Bonchev–Trinajstić information content (AvgIpc) is 2.69. The van der Waals surface area contributed by atoms with Crippen LogP contribution in [0.3, 0.4) is 0 Å². The number of carbonyl (C=O) groups excluding carboxylic acids is 1. The molecule has 30 heavy (non-hydrogen) atoms. The molecule has 4 nitrogen and oxygen atoms in total. The van der Waals surface area contributed by atoms with Gasteiger partial charge in [0.15, 0.2) is 5.78 Å². The summed E-state index contributed by atoms with van der Waals surface area (Å²) in [5.74, 6) is -2.04. The van der Waals surface area contributed by atoms with Crippen molar-refractivity contribution in [3.05, 3.63) is 87.9 Å². The van der Waals surface area contributed by atoms with Crippen molar-refractivity contribution in [2.45, 2.75) is 18.4 Å². The molecule has 0 aromatic heterocycles. The molecule has 0 atom stereocenters. The van der Waals surface area contributed by atoms with E-state index in [0.29, 0.717) is 11.1 Å². The monoisotopic (exact) mass is 447 g/mol. The number of carbonyl (C=O) groups is 1. The summed E-state index contributed by atoms with van der Waals surface area (Å²) in [5.41, 5.74) is 1.71. The van der Waals surface area contributed by atoms with Crippen molar-refractivity contribution < 1.29 is 22.0 Å². The van der Waals surface area contributed by atoms with Gasteiger partial charge in [0, 0.05) is 23.7 Å². The first-order valence-corrected chi connectivity index (χ1v) is 10.9. The topological polar surface area (TPSA) is 54.5 Å². The highest BCUT2D eigenvalue weighted by Crippen LogP contribution is 2.37. The number of aryl methyl sites for hydroxylation is 1. The number of halogens is 3. The molecule has 8 heteroatoms. The van der Waals surface area contributed by atoms with E-state index in [-0.39, 0.29) is 34.1 Å². The van der Waals surface area contributed by atoms with Gasteiger partial charge in [-0.05, 0) is 48.4 Å². The Kier molecular flexibility index (Phi) is 5.22. The molecule has 0 bridgehead atoms. The lowest BCUT2D eigenvalue weighted by atomic mass is 9.91. The number of nitrogens with zero attached hydrogens (tertiary/aromatic N) is 1. The SMILES string of the molecule is Cc1ccc(S(=O)(=O)N2CC(=O)c3c(Cl)ccc(-c4ccc(F)cc4F)c3C2)cc1. The van der Waals surface area contributed by atoms with Crippen molar-refractivity contribution in [3.63, 3.8) is 0 Å². The Morgan fingerprint density at radius 2 is 1.60 bits per heavy atom. The Balaban J connectivity index is 1.85. The minimum absolute atomic E-state index is 0.0564. The largest absolute Gasteiger partial charge is 0.293 e. The third-order valence-corrected chi connectivity index (χ3v) is 7.20. The van der Waals surface area contributed by atoms with Crippen molar-refractivity contribution in [1.82, 2.24) is 4.31 Å². The van der Waals surface area contributed by atoms with E-state index in [1.807, 2.05) is 6.92 Å². The highest BCUT2D eigenvalue weighted by atomic mass is 35.5. The number of Topliss-reactive ketones (excluding diaryl/α,β-unsaturated/α-hetero) is 1. The number of hydrogen-bond donors (Lipinski definition) is 0. The summed E-state index contributed by atoms with van der Waals surface area (Å²) >= 11 is 6.22. The van der Waals surface area contributed by atoms with Gasteiger partial charge in [-0.15, -0.1) is 0 Å². The summed E-state index contributed by atoms with van der Waals surface area (Å²) < 4.78 is 55.1. The van der Waals surface area contributed by atoms with Gasteiger partial charge in [0.25, 0.3) is 0 Å². The van der Waals surface area contributed by atoms with Crippen LogP contribution >= 0.6 is 11.6 Å². The second-order valence-electron chi connectivity index (χ2n) is 7.08. The molecule has 1 heterocycles. The summed E-state index contributed by atoms with van der Waals surface area (Å²) in [6.45, 7) is 1.30. The lowest BCUT2D eigenvalue weighted by Crippen LogP contribution is -2.39. The van der Waals surface area contributed by atoms with Crippen LogP contribution in [0.5, 0.6) is 0 Å². The highest BCUT2D eigenvalue weighted by Gasteiger charge is 2.35. The first-order valence-electron chi connectivity index (χ1n) is 9.05.